The molecule has 0 spiro atoms. The van der Waals surface area contributed by atoms with Gasteiger partial charge in [0.2, 0.25) is 0 Å². The predicted octanol–water partition coefficient (Wildman–Crippen LogP) is 2.47. The molecule has 1 rings (SSSR count). The summed E-state index contributed by atoms with van der Waals surface area (Å²) in [6.45, 7) is 0.989. The van der Waals surface area contributed by atoms with Crippen LogP contribution in [0.3, 0.4) is 0 Å². The largest absolute Gasteiger partial charge is 0.472 e. The van der Waals surface area contributed by atoms with Gasteiger partial charge in [-0.15, -0.1) is 0 Å². The Morgan fingerprint density at radius 1 is 0.675 bits per heavy atom. The van der Waals surface area contributed by atoms with E-state index in [1.165, 1.54) is 70.6 Å². The highest BCUT2D eigenvalue weighted by Gasteiger charge is 2.51. The van der Waals surface area contributed by atoms with E-state index in [-0.39, 0.29) is 6.42 Å². The van der Waals surface area contributed by atoms with E-state index in [0.29, 0.717) is 6.42 Å². The second-order valence-corrected chi connectivity index (χ2v) is 12.2. The quantitative estimate of drug-likeness (QED) is 0.0513. The number of aliphatic hydroxyl groups is 6. The van der Waals surface area contributed by atoms with E-state index < -0.39 is 69.7 Å². The van der Waals surface area contributed by atoms with Gasteiger partial charge in [0.05, 0.1) is 6.61 Å². The Hall–Kier alpha value is -0.660. The number of esters is 1. The molecule has 1 aliphatic carbocycles. The monoisotopic (exact) mass is 600 g/mol. The summed E-state index contributed by atoms with van der Waals surface area (Å²) in [6, 6.07) is 0. The zero-order chi connectivity index (χ0) is 30.0. The summed E-state index contributed by atoms with van der Waals surface area (Å²) < 4.78 is 26.3. The normalized spacial score (nSPS) is 27.3. The number of phosphoric acid groups is 1. The number of hydrogen-bond acceptors (Lipinski definition) is 11. The number of phosphoric ester groups is 1. The smallest absolute Gasteiger partial charge is 0.463 e. The van der Waals surface area contributed by atoms with Crippen LogP contribution in [0.25, 0.3) is 0 Å². The molecule has 0 saturated heterocycles. The first kappa shape index (κ1) is 37.4. The van der Waals surface area contributed by atoms with E-state index in [4.69, 9.17) is 4.74 Å². The molecule has 0 aromatic heterocycles. The molecule has 0 bridgehead atoms. The Labute approximate surface area is 238 Å². The van der Waals surface area contributed by atoms with E-state index in [0.717, 1.165) is 19.3 Å². The molecule has 40 heavy (non-hydrogen) atoms. The minimum atomic E-state index is -4.98. The topological polar surface area (TPSA) is 203 Å². The van der Waals surface area contributed by atoms with Crippen molar-refractivity contribution in [3.05, 3.63) is 0 Å². The van der Waals surface area contributed by atoms with E-state index in [1.807, 2.05) is 0 Å². The van der Waals surface area contributed by atoms with Crippen LogP contribution in [0.15, 0.2) is 0 Å². The first-order valence-corrected chi connectivity index (χ1v) is 16.4. The summed E-state index contributed by atoms with van der Waals surface area (Å²) in [7, 11) is -4.98. The summed E-state index contributed by atoms with van der Waals surface area (Å²) in [4.78, 5) is 21.7. The van der Waals surface area contributed by atoms with Crippen LogP contribution in [-0.2, 0) is 23.1 Å². The lowest BCUT2D eigenvalue weighted by atomic mass is 9.85. The van der Waals surface area contributed by atoms with Crippen molar-refractivity contribution in [2.75, 3.05) is 13.2 Å². The molecule has 4 unspecified atom stereocenters. The number of carbonyl (C=O) groups excluding carboxylic acids is 1. The number of unbranched alkanes of at least 4 members (excludes halogenated alkanes) is 14. The van der Waals surface area contributed by atoms with Gasteiger partial charge in [-0.3, -0.25) is 13.8 Å². The Kier molecular flexibility index (Phi) is 19.7. The third kappa shape index (κ3) is 15.5. The van der Waals surface area contributed by atoms with Gasteiger partial charge in [-0.2, -0.15) is 0 Å². The van der Waals surface area contributed by atoms with Crippen LogP contribution in [0, 0.1) is 0 Å². The zero-order valence-corrected chi connectivity index (χ0v) is 24.8. The molecule has 8 atom stereocenters. The first-order chi connectivity index (χ1) is 19.0. The highest BCUT2D eigenvalue weighted by molar-refractivity contribution is 7.47. The van der Waals surface area contributed by atoms with E-state index in [2.05, 4.69) is 16.0 Å². The molecular weight excluding hydrogens is 547 g/mol. The average molecular weight is 601 g/mol. The molecule has 0 heterocycles. The maximum absolute atomic E-state index is 12.1. The van der Waals surface area contributed by atoms with Crippen molar-refractivity contribution in [1.29, 1.82) is 0 Å². The second kappa shape index (κ2) is 21.1. The van der Waals surface area contributed by atoms with Gasteiger partial charge in [-0.25, -0.2) is 4.57 Å². The summed E-state index contributed by atoms with van der Waals surface area (Å²) in [5.74, 6) is -0.507. The number of hydrogen-bond donors (Lipinski definition) is 7. The fourth-order valence-corrected chi connectivity index (χ4v) is 5.61. The maximum atomic E-state index is 12.1. The molecule has 7 N–H and O–H groups in total. The van der Waals surface area contributed by atoms with Crippen LogP contribution in [0.1, 0.15) is 110 Å². The number of rotatable bonds is 23. The van der Waals surface area contributed by atoms with Crippen LogP contribution < -0.4 is 0 Å². The highest BCUT2D eigenvalue weighted by atomic mass is 31.2. The number of carbonyl (C=O) groups is 1. The van der Waals surface area contributed by atoms with Crippen molar-refractivity contribution < 1.29 is 58.7 Å². The fraction of sp³-hybridized carbons (Fsp3) is 0.963. The SMILES string of the molecule is CCCCCCCCCCCCCCCCCC(=O)OCC(O)COP(=O)(O)OC1[C@H](O)[C@H](O)C(O)[C@H](O)[C@H]1O. The lowest BCUT2D eigenvalue weighted by Gasteiger charge is -2.41. The van der Waals surface area contributed by atoms with Gasteiger partial charge in [0.25, 0.3) is 0 Å². The van der Waals surface area contributed by atoms with Crippen molar-refractivity contribution in [2.45, 2.75) is 152 Å². The van der Waals surface area contributed by atoms with Crippen molar-refractivity contribution in [3.63, 3.8) is 0 Å². The lowest BCUT2D eigenvalue weighted by molar-refractivity contribution is -0.220. The molecular formula is C27H53O12P. The van der Waals surface area contributed by atoms with Gasteiger partial charge < -0.3 is 40.3 Å². The van der Waals surface area contributed by atoms with E-state index in [1.54, 1.807) is 0 Å². The molecule has 0 radical (unpaired) electrons. The van der Waals surface area contributed by atoms with Crippen LogP contribution in [-0.4, -0.2) is 97.4 Å². The maximum Gasteiger partial charge on any atom is 0.472 e. The molecule has 0 aromatic rings. The molecule has 0 amide bonds. The average Bonchev–Trinajstić information content (AvgIpc) is 2.93. The molecule has 1 aliphatic rings. The summed E-state index contributed by atoms with van der Waals surface area (Å²) >= 11 is 0. The lowest BCUT2D eigenvalue weighted by Crippen LogP contribution is -2.64. The summed E-state index contributed by atoms with van der Waals surface area (Å²) in [5, 5.41) is 58.5. The van der Waals surface area contributed by atoms with Gasteiger partial charge in [-0.1, -0.05) is 96.8 Å². The Balaban J connectivity index is 2.06. The summed E-state index contributed by atoms with van der Waals surface area (Å²) in [5.41, 5.74) is 0. The number of ether oxygens (including phenoxy) is 1. The first-order valence-electron chi connectivity index (χ1n) is 14.9. The zero-order valence-electron chi connectivity index (χ0n) is 23.9. The van der Waals surface area contributed by atoms with Gasteiger partial charge in [0.15, 0.2) is 0 Å². The highest BCUT2D eigenvalue weighted by Crippen LogP contribution is 2.47. The molecule has 1 fully saturated rings. The number of aliphatic hydroxyl groups excluding tert-OH is 6. The fourth-order valence-electron chi connectivity index (χ4n) is 4.64. The van der Waals surface area contributed by atoms with Crippen LogP contribution >= 0.6 is 7.82 Å². The van der Waals surface area contributed by atoms with Crippen LogP contribution in [0.2, 0.25) is 0 Å². The van der Waals surface area contributed by atoms with Crippen molar-refractivity contribution >= 4 is 13.8 Å². The second-order valence-electron chi connectivity index (χ2n) is 10.8. The third-order valence-corrected chi connectivity index (χ3v) is 8.16. The van der Waals surface area contributed by atoms with Gasteiger partial charge in [0.1, 0.15) is 49.3 Å². The molecule has 13 heteroatoms. The Morgan fingerprint density at radius 2 is 1.07 bits per heavy atom. The van der Waals surface area contributed by atoms with Crippen molar-refractivity contribution in [3.8, 4) is 0 Å². The molecule has 12 nitrogen and oxygen atoms in total. The Morgan fingerprint density at radius 3 is 1.52 bits per heavy atom. The van der Waals surface area contributed by atoms with Gasteiger partial charge in [0, 0.05) is 6.42 Å². The summed E-state index contributed by atoms with van der Waals surface area (Å²) in [6.07, 6.45) is 5.23. The van der Waals surface area contributed by atoms with Crippen molar-refractivity contribution in [1.82, 2.24) is 0 Å². The van der Waals surface area contributed by atoms with E-state index in [9.17, 15) is 44.9 Å². The van der Waals surface area contributed by atoms with Crippen LogP contribution in [0.5, 0.6) is 0 Å². The minimum absolute atomic E-state index is 0.196. The van der Waals surface area contributed by atoms with E-state index >= 15 is 0 Å². The van der Waals surface area contributed by atoms with Crippen molar-refractivity contribution in [2.24, 2.45) is 0 Å². The van der Waals surface area contributed by atoms with Gasteiger partial charge >= 0.3 is 13.8 Å². The molecule has 0 aliphatic heterocycles. The standard InChI is InChI=1S/C27H53O12P/c1-2-3-4-5-6-7-8-9-10-11-12-13-14-15-16-17-21(29)37-18-20(28)19-38-40(35,36)39-27-25(33)23(31)22(30)24(32)26(27)34/h20,22-28,30-34H,2-19H2,1H3,(H,35,36)/t20?,22?,23-,24+,25-,26-,27?/m1/s1. The van der Waals surface area contributed by atoms with Gasteiger partial charge in [-0.05, 0) is 6.42 Å². The molecule has 0 aromatic carbocycles. The predicted molar refractivity (Wildman–Crippen MR) is 147 cm³/mol. The Bertz CT molecular complexity index is 695. The molecule has 238 valence electrons. The third-order valence-electron chi connectivity index (χ3n) is 7.18. The minimum Gasteiger partial charge on any atom is -0.463 e. The van der Waals surface area contributed by atoms with Crippen LogP contribution in [0.4, 0.5) is 0 Å². The molecule has 1 saturated carbocycles.